The van der Waals surface area contributed by atoms with Crippen LogP contribution < -0.4 is 0 Å². The van der Waals surface area contributed by atoms with Crippen molar-refractivity contribution in [1.29, 1.82) is 0 Å². The highest BCUT2D eigenvalue weighted by Gasteiger charge is 1.81. The molecule has 0 amide bonds. The van der Waals surface area contributed by atoms with Crippen molar-refractivity contribution in [2.45, 2.75) is 0 Å². The topological polar surface area (TPSA) is 57.5 Å². The largest absolute Gasteiger partial charge is 0.352 e. The van der Waals surface area contributed by atoms with Crippen molar-refractivity contribution in [3.63, 3.8) is 0 Å². The zero-order valence-corrected chi connectivity index (χ0v) is 4.77. The summed E-state index contributed by atoms with van der Waals surface area (Å²) < 4.78 is 9.34. The fourth-order valence-electron chi connectivity index (χ4n) is 0. The lowest BCUT2D eigenvalue weighted by Crippen LogP contribution is -1.67. The maximum atomic E-state index is 9.34. The molecule has 0 fully saturated rings. The van der Waals surface area contributed by atoms with E-state index in [4.69, 9.17) is 9.79 Å². The molecule has 5 heteroatoms. The summed E-state index contributed by atoms with van der Waals surface area (Å²) in [6, 6.07) is 0. The minimum absolute atomic E-state index is 0.678. The van der Waals surface area contributed by atoms with Gasteiger partial charge in [0.2, 0.25) is 0 Å². The van der Waals surface area contributed by atoms with E-state index in [2.05, 4.69) is 0 Å². The quantitative estimate of drug-likeness (QED) is 0.302. The van der Waals surface area contributed by atoms with E-state index in [1.54, 1.807) is 0 Å². The Balaban J connectivity index is 3.47. The predicted molar refractivity (Wildman–Crippen MR) is 20.6 cm³/mol. The van der Waals surface area contributed by atoms with E-state index in [9.17, 15) is 4.57 Å². The zero-order valence-electron chi connectivity index (χ0n) is 2.46. The molecule has 0 spiro atoms. The standard InChI is InChI=1S/H4O3PSi/c1-4(2,3)5/h5H2,(H2,1,2,3)/q-1. The van der Waals surface area contributed by atoms with Gasteiger partial charge in [-0.25, -0.2) is 0 Å². The van der Waals surface area contributed by atoms with E-state index in [1.165, 1.54) is 0 Å². The summed E-state index contributed by atoms with van der Waals surface area (Å²) in [5, 5.41) is 0. The highest BCUT2D eigenvalue weighted by molar-refractivity contribution is 7.77. The Morgan fingerprint density at radius 2 is 1.60 bits per heavy atom. The average Bonchev–Trinajstić information content (AvgIpc) is 0.722. The lowest BCUT2D eigenvalue weighted by molar-refractivity contribution is 0.395. The van der Waals surface area contributed by atoms with Crippen LogP contribution in [0.4, 0.5) is 0 Å². The van der Waals surface area contributed by atoms with Crippen LogP contribution in [0.2, 0.25) is 0 Å². The normalized spacial score (nSPS) is 11.8. The van der Waals surface area contributed by atoms with Crippen molar-refractivity contribution in [2.75, 3.05) is 0 Å². The molecular weight excluding hydrogens is 107 g/mol. The van der Waals surface area contributed by atoms with Crippen LogP contribution in [0, 0.1) is 0 Å². The van der Waals surface area contributed by atoms with Crippen LogP contribution in [0.1, 0.15) is 0 Å². The fourth-order valence-corrected chi connectivity index (χ4v) is 0. The number of hydrogen-bond acceptors (Lipinski definition) is 1. The summed E-state index contributed by atoms with van der Waals surface area (Å²) in [6.07, 6.45) is 0. The Morgan fingerprint density at radius 3 is 1.60 bits per heavy atom. The maximum Gasteiger partial charge on any atom is 0.141 e. The Labute approximate surface area is 32.4 Å². The van der Waals surface area contributed by atoms with Gasteiger partial charge in [-0.1, -0.05) is 0 Å². The van der Waals surface area contributed by atoms with Crippen LogP contribution in [-0.2, 0) is 4.57 Å². The summed E-state index contributed by atoms with van der Waals surface area (Å²) in [5.74, 6) is 0. The summed E-state index contributed by atoms with van der Waals surface area (Å²) in [6.45, 7) is 0. The molecule has 0 aliphatic carbocycles. The predicted octanol–water partition coefficient (Wildman–Crippen LogP) is -1.29. The molecule has 0 atom stereocenters. The molecule has 3 nitrogen and oxygen atoms in total. The molecule has 0 aromatic heterocycles. The van der Waals surface area contributed by atoms with Gasteiger partial charge in [0.15, 0.2) is 0 Å². The van der Waals surface area contributed by atoms with Gasteiger partial charge in [-0.05, 0) is 0 Å². The van der Waals surface area contributed by atoms with E-state index < -0.39 is 7.14 Å². The first kappa shape index (κ1) is 5.37. The smallest absolute Gasteiger partial charge is 0.141 e. The molecule has 0 radical (unpaired) electrons. The number of hydrogen-bond donors (Lipinski definition) is 2. The van der Waals surface area contributed by atoms with Crippen LogP contribution in [-0.4, -0.2) is 19.7 Å². The van der Waals surface area contributed by atoms with Crippen molar-refractivity contribution in [1.82, 2.24) is 0 Å². The van der Waals surface area contributed by atoms with Gasteiger partial charge >= 0.3 is 0 Å². The third-order valence-corrected chi connectivity index (χ3v) is 0. The first-order valence-corrected chi connectivity index (χ1v) is 4.59. The second-order valence-electron chi connectivity index (χ2n) is 0.665. The molecule has 0 aromatic carbocycles. The third-order valence-electron chi connectivity index (χ3n) is 0. The summed E-state index contributed by atoms with van der Waals surface area (Å²) in [5.41, 5.74) is 0. The fraction of sp³-hybridized carbons (Fsp3) is 0. The molecule has 0 unspecified atom stereocenters. The summed E-state index contributed by atoms with van der Waals surface area (Å²) >= 11 is 0. The van der Waals surface area contributed by atoms with Gasteiger partial charge in [-0.15, -0.1) is 9.91 Å². The molecule has 0 bridgehead atoms. The molecule has 0 rings (SSSR count). The van der Waals surface area contributed by atoms with Crippen LogP contribution in [0.15, 0.2) is 0 Å². The van der Waals surface area contributed by atoms with Crippen LogP contribution in [0.25, 0.3) is 0 Å². The van der Waals surface area contributed by atoms with E-state index in [1.807, 2.05) is 0 Å². The average molecular weight is 111 g/mol. The van der Waals surface area contributed by atoms with Crippen LogP contribution in [0.5, 0.6) is 0 Å². The first-order valence-electron chi connectivity index (χ1n) is 0.899. The van der Waals surface area contributed by atoms with Crippen molar-refractivity contribution in [3.8, 4) is 0 Å². The van der Waals surface area contributed by atoms with Gasteiger partial charge in [0.1, 0.15) is 7.14 Å². The Kier molecular flexibility index (Phi) is 1.31. The van der Waals surface area contributed by atoms with Gasteiger partial charge < -0.3 is 14.4 Å². The second-order valence-corrected chi connectivity index (χ2v) is 4.47. The van der Waals surface area contributed by atoms with Crippen molar-refractivity contribution in [2.24, 2.45) is 0 Å². The lowest BCUT2D eigenvalue weighted by Gasteiger charge is -1.96. The SMILES string of the molecule is O=P(O)(O)[SiH2-]. The van der Waals surface area contributed by atoms with Crippen molar-refractivity contribution >= 4 is 17.1 Å². The molecular formula is H4O3PSi-. The number of rotatable bonds is 0. The third kappa shape index (κ3) is 182. The minimum Gasteiger partial charge on any atom is -0.352 e. The minimum atomic E-state index is -3.61. The molecule has 0 saturated carbocycles. The lowest BCUT2D eigenvalue weighted by atomic mass is 15.8. The molecule has 0 aromatic rings. The van der Waals surface area contributed by atoms with E-state index >= 15 is 0 Å². The van der Waals surface area contributed by atoms with Gasteiger partial charge in [-0.2, -0.15) is 0 Å². The van der Waals surface area contributed by atoms with Crippen molar-refractivity contribution < 1.29 is 14.4 Å². The van der Waals surface area contributed by atoms with Crippen LogP contribution in [0.3, 0.4) is 0 Å². The highest BCUT2D eigenvalue weighted by atomic mass is 31.4. The summed E-state index contributed by atoms with van der Waals surface area (Å²) in [7, 11) is -2.93. The Bertz CT molecular complexity index is 53.0. The van der Waals surface area contributed by atoms with E-state index in [-0.39, 0.29) is 0 Å². The second kappa shape index (κ2) is 1.22. The molecule has 5 heavy (non-hydrogen) atoms. The monoisotopic (exact) mass is 111 g/mol. The van der Waals surface area contributed by atoms with Gasteiger partial charge in [0.05, 0.1) is 0 Å². The van der Waals surface area contributed by atoms with E-state index in [0.29, 0.717) is 9.91 Å². The Morgan fingerprint density at radius 1 is 1.60 bits per heavy atom. The van der Waals surface area contributed by atoms with Gasteiger partial charge in [0.25, 0.3) is 0 Å². The highest BCUT2D eigenvalue weighted by Crippen LogP contribution is 2.24. The molecule has 2 N–H and O–H groups in total. The molecule has 32 valence electrons. The van der Waals surface area contributed by atoms with Gasteiger partial charge in [0, 0.05) is 0 Å². The molecule has 0 heterocycles. The summed E-state index contributed by atoms with van der Waals surface area (Å²) in [4.78, 5) is 15.3. The molecule has 0 aliphatic rings. The molecule has 0 saturated heterocycles. The molecule has 0 aliphatic heterocycles. The van der Waals surface area contributed by atoms with Crippen LogP contribution >= 0.6 is 7.14 Å². The Hall–Kier alpha value is 0.367. The maximum absolute atomic E-state index is 9.34. The first-order chi connectivity index (χ1) is 2.00. The van der Waals surface area contributed by atoms with Gasteiger partial charge in [-0.3, -0.25) is 0 Å². The zero-order chi connectivity index (χ0) is 4.50. The van der Waals surface area contributed by atoms with Crippen molar-refractivity contribution in [3.05, 3.63) is 0 Å². The van der Waals surface area contributed by atoms with E-state index in [0.717, 1.165) is 0 Å².